The van der Waals surface area contributed by atoms with Crippen molar-refractivity contribution in [3.63, 3.8) is 0 Å². The summed E-state index contributed by atoms with van der Waals surface area (Å²) in [4.78, 5) is 14.5. The van der Waals surface area contributed by atoms with Crippen molar-refractivity contribution in [3.8, 4) is 5.75 Å². The van der Waals surface area contributed by atoms with Crippen molar-refractivity contribution < 1.29 is 9.53 Å². The highest BCUT2D eigenvalue weighted by atomic mass is 16.5. The van der Waals surface area contributed by atoms with Crippen LogP contribution in [0, 0.1) is 5.92 Å². The molecule has 0 saturated carbocycles. The van der Waals surface area contributed by atoms with Crippen molar-refractivity contribution in [2.75, 3.05) is 20.2 Å². The summed E-state index contributed by atoms with van der Waals surface area (Å²) in [6, 6.07) is 7.82. The van der Waals surface area contributed by atoms with Crippen LogP contribution in [0.3, 0.4) is 0 Å². The number of hydrogen-bond acceptors (Lipinski definition) is 2. The van der Waals surface area contributed by atoms with Crippen LogP contribution in [-0.4, -0.2) is 31.0 Å². The van der Waals surface area contributed by atoms with Crippen molar-refractivity contribution in [2.45, 2.75) is 33.6 Å². The summed E-state index contributed by atoms with van der Waals surface area (Å²) in [5.41, 5.74) is 1.06. The number of likely N-dealkylation sites (N-methyl/N-ethyl adjacent to an activating group) is 1. The molecule has 0 fully saturated rings. The van der Waals surface area contributed by atoms with Gasteiger partial charge in [0.1, 0.15) is 5.75 Å². The maximum Gasteiger partial charge on any atom is 0.230 e. The van der Waals surface area contributed by atoms with Crippen LogP contribution < -0.4 is 4.74 Å². The Kier molecular flexibility index (Phi) is 5.87. The molecule has 19 heavy (non-hydrogen) atoms. The van der Waals surface area contributed by atoms with Crippen molar-refractivity contribution >= 4 is 5.91 Å². The average molecular weight is 263 g/mol. The molecule has 0 aromatic heterocycles. The Morgan fingerprint density at radius 3 is 2.05 bits per heavy atom. The first kappa shape index (κ1) is 15.5. The van der Waals surface area contributed by atoms with Crippen molar-refractivity contribution in [1.29, 1.82) is 0 Å². The van der Waals surface area contributed by atoms with E-state index in [1.54, 1.807) is 7.11 Å². The zero-order valence-corrected chi connectivity index (χ0v) is 12.6. The fraction of sp³-hybridized carbons (Fsp3) is 0.562. The third-order valence-corrected chi connectivity index (χ3v) is 3.48. The molecule has 0 radical (unpaired) electrons. The van der Waals surface area contributed by atoms with E-state index in [1.165, 1.54) is 0 Å². The van der Waals surface area contributed by atoms with Gasteiger partial charge in [-0.2, -0.15) is 0 Å². The standard InChI is InChI=1S/C16H25NO2/c1-6-17(7-2)16(18)15(12(3)4)13-8-10-14(19-5)11-9-13/h8-12,15H,6-7H2,1-5H3. The summed E-state index contributed by atoms with van der Waals surface area (Å²) in [5.74, 6) is 1.24. The summed E-state index contributed by atoms with van der Waals surface area (Å²) in [6.45, 7) is 9.75. The fourth-order valence-electron chi connectivity index (χ4n) is 2.36. The lowest BCUT2D eigenvalue weighted by atomic mass is 9.87. The van der Waals surface area contributed by atoms with Crippen molar-refractivity contribution in [3.05, 3.63) is 29.8 Å². The molecule has 3 heteroatoms. The van der Waals surface area contributed by atoms with Gasteiger partial charge in [-0.05, 0) is 37.5 Å². The molecule has 0 N–H and O–H groups in total. The van der Waals surface area contributed by atoms with Crippen LogP contribution in [0.15, 0.2) is 24.3 Å². The normalized spacial score (nSPS) is 12.3. The number of carbonyl (C=O) groups is 1. The molecule has 1 unspecified atom stereocenters. The second-order valence-electron chi connectivity index (χ2n) is 5.01. The highest BCUT2D eigenvalue weighted by Crippen LogP contribution is 2.28. The van der Waals surface area contributed by atoms with E-state index in [1.807, 2.05) is 43.0 Å². The third-order valence-electron chi connectivity index (χ3n) is 3.48. The summed E-state index contributed by atoms with van der Waals surface area (Å²) >= 11 is 0. The van der Waals surface area contributed by atoms with Crippen LogP contribution in [0.4, 0.5) is 0 Å². The molecular weight excluding hydrogens is 238 g/mol. The number of methoxy groups -OCH3 is 1. The first-order valence-electron chi connectivity index (χ1n) is 6.97. The minimum absolute atomic E-state index is 0.0780. The number of amides is 1. The van der Waals surface area contributed by atoms with Crippen LogP contribution in [-0.2, 0) is 4.79 Å². The van der Waals surface area contributed by atoms with Crippen LogP contribution in [0.25, 0.3) is 0 Å². The van der Waals surface area contributed by atoms with Crippen LogP contribution in [0.2, 0.25) is 0 Å². The number of carbonyl (C=O) groups excluding carboxylic acids is 1. The fourth-order valence-corrected chi connectivity index (χ4v) is 2.36. The quantitative estimate of drug-likeness (QED) is 0.788. The first-order chi connectivity index (χ1) is 9.04. The smallest absolute Gasteiger partial charge is 0.230 e. The molecular formula is C16H25NO2. The molecule has 0 aliphatic heterocycles. The summed E-state index contributed by atoms with van der Waals surface area (Å²) in [5, 5.41) is 0. The van der Waals surface area contributed by atoms with E-state index in [4.69, 9.17) is 4.74 Å². The van der Waals surface area contributed by atoms with Crippen LogP contribution >= 0.6 is 0 Å². The molecule has 1 atom stereocenters. The van der Waals surface area contributed by atoms with E-state index in [0.717, 1.165) is 24.4 Å². The van der Waals surface area contributed by atoms with E-state index in [0.29, 0.717) is 0 Å². The highest BCUT2D eigenvalue weighted by molar-refractivity contribution is 5.84. The van der Waals surface area contributed by atoms with Gasteiger partial charge in [-0.1, -0.05) is 26.0 Å². The molecule has 1 aromatic rings. The molecule has 0 aliphatic carbocycles. The Labute approximate surface area is 116 Å². The lowest BCUT2D eigenvalue weighted by Crippen LogP contribution is -2.36. The Hall–Kier alpha value is -1.51. The number of hydrogen-bond donors (Lipinski definition) is 0. The molecule has 0 spiro atoms. The first-order valence-corrected chi connectivity index (χ1v) is 6.97. The minimum atomic E-state index is -0.0780. The van der Waals surface area contributed by atoms with E-state index in [2.05, 4.69) is 13.8 Å². The van der Waals surface area contributed by atoms with E-state index < -0.39 is 0 Å². The maximum atomic E-state index is 12.6. The van der Waals surface area contributed by atoms with Gasteiger partial charge >= 0.3 is 0 Å². The van der Waals surface area contributed by atoms with Gasteiger partial charge in [0.15, 0.2) is 0 Å². The van der Waals surface area contributed by atoms with Crippen molar-refractivity contribution in [2.24, 2.45) is 5.92 Å². The van der Waals surface area contributed by atoms with E-state index in [-0.39, 0.29) is 17.7 Å². The predicted octanol–water partition coefficient (Wildman–Crippen LogP) is 3.30. The van der Waals surface area contributed by atoms with Gasteiger partial charge < -0.3 is 9.64 Å². The predicted molar refractivity (Wildman–Crippen MR) is 78.5 cm³/mol. The molecule has 1 rings (SSSR count). The van der Waals surface area contributed by atoms with Gasteiger partial charge in [0, 0.05) is 13.1 Å². The molecule has 0 heterocycles. The summed E-state index contributed by atoms with van der Waals surface area (Å²) < 4.78 is 5.16. The lowest BCUT2D eigenvalue weighted by molar-refractivity contribution is -0.133. The zero-order chi connectivity index (χ0) is 14.4. The van der Waals surface area contributed by atoms with E-state index in [9.17, 15) is 4.79 Å². The average Bonchev–Trinajstić information content (AvgIpc) is 2.40. The van der Waals surface area contributed by atoms with Crippen LogP contribution in [0.5, 0.6) is 5.75 Å². The SMILES string of the molecule is CCN(CC)C(=O)C(c1ccc(OC)cc1)C(C)C. The second kappa shape index (κ2) is 7.17. The molecule has 0 saturated heterocycles. The molecule has 3 nitrogen and oxygen atoms in total. The molecule has 0 aliphatic rings. The van der Waals surface area contributed by atoms with Gasteiger partial charge in [-0.25, -0.2) is 0 Å². The van der Waals surface area contributed by atoms with Gasteiger partial charge in [0.05, 0.1) is 13.0 Å². The Bertz CT molecular complexity index is 394. The van der Waals surface area contributed by atoms with Gasteiger partial charge in [-0.3, -0.25) is 4.79 Å². The number of benzene rings is 1. The third kappa shape index (κ3) is 3.72. The number of nitrogens with zero attached hydrogens (tertiary/aromatic N) is 1. The van der Waals surface area contributed by atoms with E-state index >= 15 is 0 Å². The number of ether oxygens (including phenoxy) is 1. The molecule has 1 amide bonds. The van der Waals surface area contributed by atoms with Gasteiger partial charge in [0.25, 0.3) is 0 Å². The minimum Gasteiger partial charge on any atom is -0.497 e. The Morgan fingerprint density at radius 1 is 1.16 bits per heavy atom. The summed E-state index contributed by atoms with van der Waals surface area (Å²) in [7, 11) is 1.65. The summed E-state index contributed by atoms with van der Waals surface area (Å²) in [6.07, 6.45) is 0. The number of rotatable bonds is 6. The monoisotopic (exact) mass is 263 g/mol. The largest absolute Gasteiger partial charge is 0.497 e. The van der Waals surface area contributed by atoms with Gasteiger partial charge in [0.2, 0.25) is 5.91 Å². The molecule has 0 bridgehead atoms. The lowest BCUT2D eigenvalue weighted by Gasteiger charge is -2.28. The van der Waals surface area contributed by atoms with Crippen molar-refractivity contribution in [1.82, 2.24) is 4.90 Å². The highest BCUT2D eigenvalue weighted by Gasteiger charge is 2.27. The molecule has 1 aromatic carbocycles. The Morgan fingerprint density at radius 2 is 1.68 bits per heavy atom. The van der Waals surface area contributed by atoms with Gasteiger partial charge in [-0.15, -0.1) is 0 Å². The Balaban J connectivity index is 3.02. The molecule has 106 valence electrons. The van der Waals surface area contributed by atoms with Crippen LogP contribution in [0.1, 0.15) is 39.2 Å². The zero-order valence-electron chi connectivity index (χ0n) is 12.6. The maximum absolute atomic E-state index is 12.6. The second-order valence-corrected chi connectivity index (χ2v) is 5.01. The topological polar surface area (TPSA) is 29.5 Å².